The van der Waals surface area contributed by atoms with Gasteiger partial charge in [-0.15, -0.1) is 0 Å². The van der Waals surface area contributed by atoms with Crippen LogP contribution in [0.15, 0.2) is 48.5 Å². The number of carbonyl (C=O) groups is 1. The fraction of sp³-hybridized carbons (Fsp3) is 0.409. The first-order valence-corrected chi connectivity index (χ1v) is 11.6. The van der Waals surface area contributed by atoms with Gasteiger partial charge in [0.15, 0.2) is 0 Å². The van der Waals surface area contributed by atoms with Crippen LogP contribution in [0.3, 0.4) is 0 Å². The lowest BCUT2D eigenvalue weighted by atomic mass is 9.95. The Bertz CT molecular complexity index is 779. The van der Waals surface area contributed by atoms with Gasteiger partial charge in [-0.25, -0.2) is 0 Å². The molecule has 1 fully saturated rings. The number of likely N-dealkylation sites (tertiary alicyclic amines) is 1. The molecule has 2 aromatic carbocycles. The predicted molar refractivity (Wildman–Crippen MR) is 120 cm³/mol. The van der Waals surface area contributed by atoms with E-state index in [9.17, 15) is 4.79 Å². The second kappa shape index (κ2) is 11.1. The van der Waals surface area contributed by atoms with Gasteiger partial charge in [0.25, 0.3) is 0 Å². The number of carbonyl (C=O) groups excluding carboxylic acids is 1. The SMILES string of the molecule is O=C(NCCSCc1ccccc1Cl)C1CCN(Cc2cccc(Cl)c2)CC1. The van der Waals surface area contributed by atoms with E-state index in [0.29, 0.717) is 6.54 Å². The molecule has 1 aliphatic rings. The molecule has 1 N–H and O–H groups in total. The summed E-state index contributed by atoms with van der Waals surface area (Å²) in [4.78, 5) is 14.8. The van der Waals surface area contributed by atoms with Crippen molar-refractivity contribution in [2.75, 3.05) is 25.4 Å². The van der Waals surface area contributed by atoms with Crippen LogP contribution >= 0.6 is 35.0 Å². The number of halogens is 2. The Morgan fingerprint density at radius 1 is 1.11 bits per heavy atom. The molecule has 1 amide bonds. The normalized spacial score (nSPS) is 15.5. The molecule has 150 valence electrons. The van der Waals surface area contributed by atoms with Gasteiger partial charge in [0, 0.05) is 40.6 Å². The highest BCUT2D eigenvalue weighted by Gasteiger charge is 2.24. The molecule has 2 aromatic rings. The van der Waals surface area contributed by atoms with Gasteiger partial charge in [-0.3, -0.25) is 9.69 Å². The highest BCUT2D eigenvalue weighted by molar-refractivity contribution is 7.98. The molecule has 0 aromatic heterocycles. The van der Waals surface area contributed by atoms with E-state index in [1.807, 2.05) is 42.5 Å². The molecule has 3 rings (SSSR count). The van der Waals surface area contributed by atoms with Crippen molar-refractivity contribution < 1.29 is 4.79 Å². The van der Waals surface area contributed by atoms with E-state index >= 15 is 0 Å². The fourth-order valence-electron chi connectivity index (χ4n) is 3.44. The summed E-state index contributed by atoms with van der Waals surface area (Å²) in [5, 5.41) is 4.68. The molecule has 0 aliphatic carbocycles. The van der Waals surface area contributed by atoms with Crippen molar-refractivity contribution in [2.24, 2.45) is 5.92 Å². The maximum absolute atomic E-state index is 12.4. The predicted octanol–water partition coefficient (Wildman–Crippen LogP) is 5.26. The van der Waals surface area contributed by atoms with Gasteiger partial charge < -0.3 is 5.32 Å². The van der Waals surface area contributed by atoms with Crippen LogP contribution in [0.4, 0.5) is 0 Å². The number of thioether (sulfide) groups is 1. The van der Waals surface area contributed by atoms with E-state index in [2.05, 4.69) is 16.3 Å². The van der Waals surface area contributed by atoms with Crippen molar-refractivity contribution in [3.8, 4) is 0 Å². The van der Waals surface area contributed by atoms with Gasteiger partial charge in [-0.05, 0) is 55.3 Å². The average molecular weight is 437 g/mol. The fourth-order valence-corrected chi connectivity index (χ4v) is 4.79. The molecule has 0 bridgehead atoms. The van der Waals surface area contributed by atoms with E-state index in [-0.39, 0.29) is 11.8 Å². The highest BCUT2D eigenvalue weighted by atomic mass is 35.5. The lowest BCUT2D eigenvalue weighted by molar-refractivity contribution is -0.126. The molecule has 0 atom stereocenters. The molecule has 0 unspecified atom stereocenters. The summed E-state index contributed by atoms with van der Waals surface area (Å²) in [6.45, 7) is 3.50. The largest absolute Gasteiger partial charge is 0.355 e. The molecule has 3 nitrogen and oxygen atoms in total. The summed E-state index contributed by atoms with van der Waals surface area (Å²) < 4.78 is 0. The van der Waals surface area contributed by atoms with Crippen molar-refractivity contribution in [2.45, 2.75) is 25.1 Å². The molecule has 1 heterocycles. The number of nitrogens with zero attached hydrogens (tertiary/aromatic N) is 1. The third-order valence-corrected chi connectivity index (χ3v) is 6.63. The first-order valence-electron chi connectivity index (χ1n) is 9.67. The Labute approximate surface area is 181 Å². The molecule has 0 spiro atoms. The van der Waals surface area contributed by atoms with Crippen molar-refractivity contribution >= 4 is 40.9 Å². The Balaban J connectivity index is 1.31. The minimum absolute atomic E-state index is 0.129. The summed E-state index contributed by atoms with van der Waals surface area (Å²) >= 11 is 14.0. The Kier molecular flexibility index (Phi) is 8.53. The maximum atomic E-state index is 12.4. The molecule has 1 saturated heterocycles. The number of rotatable bonds is 8. The van der Waals surface area contributed by atoms with Crippen LogP contribution < -0.4 is 5.32 Å². The van der Waals surface area contributed by atoms with Crippen molar-refractivity contribution in [3.05, 3.63) is 69.7 Å². The van der Waals surface area contributed by atoms with E-state index in [1.54, 1.807) is 11.8 Å². The van der Waals surface area contributed by atoms with E-state index in [1.165, 1.54) is 5.56 Å². The number of benzene rings is 2. The third-order valence-electron chi connectivity index (χ3n) is 5.01. The maximum Gasteiger partial charge on any atom is 0.223 e. The standard InChI is InChI=1S/C22H26Cl2N2OS/c23-20-6-3-4-17(14-20)15-26-11-8-18(9-12-26)22(27)25-10-13-28-16-19-5-1-2-7-21(19)24/h1-7,14,18H,8-13,15-16H2,(H,25,27). The van der Waals surface area contributed by atoms with E-state index in [4.69, 9.17) is 23.2 Å². The topological polar surface area (TPSA) is 32.3 Å². The van der Waals surface area contributed by atoms with Gasteiger partial charge in [-0.1, -0.05) is 53.5 Å². The number of nitrogens with one attached hydrogen (secondary N) is 1. The van der Waals surface area contributed by atoms with E-state index in [0.717, 1.165) is 59.6 Å². The summed E-state index contributed by atoms with van der Waals surface area (Å²) in [7, 11) is 0. The molecule has 0 radical (unpaired) electrons. The zero-order chi connectivity index (χ0) is 19.8. The molecule has 1 aliphatic heterocycles. The van der Waals surface area contributed by atoms with Crippen LogP contribution in [0.1, 0.15) is 24.0 Å². The second-order valence-electron chi connectivity index (χ2n) is 7.12. The van der Waals surface area contributed by atoms with Gasteiger partial charge in [0.1, 0.15) is 0 Å². The van der Waals surface area contributed by atoms with Gasteiger partial charge >= 0.3 is 0 Å². The summed E-state index contributed by atoms with van der Waals surface area (Å²) in [6, 6.07) is 15.9. The molecule has 28 heavy (non-hydrogen) atoms. The van der Waals surface area contributed by atoms with Gasteiger partial charge in [0.05, 0.1) is 0 Å². The van der Waals surface area contributed by atoms with Crippen molar-refractivity contribution in [3.63, 3.8) is 0 Å². The number of amides is 1. The second-order valence-corrected chi connectivity index (χ2v) is 9.06. The monoisotopic (exact) mass is 436 g/mol. The van der Waals surface area contributed by atoms with E-state index < -0.39 is 0 Å². The Morgan fingerprint density at radius 2 is 1.89 bits per heavy atom. The van der Waals surface area contributed by atoms with Crippen LogP contribution in [-0.2, 0) is 17.1 Å². The molecule has 6 heteroatoms. The van der Waals surface area contributed by atoms with Crippen LogP contribution in [0.25, 0.3) is 0 Å². The van der Waals surface area contributed by atoms with Crippen LogP contribution in [0, 0.1) is 5.92 Å². The van der Waals surface area contributed by atoms with Crippen LogP contribution in [0.2, 0.25) is 10.0 Å². The molecule has 0 saturated carbocycles. The van der Waals surface area contributed by atoms with Gasteiger partial charge in [-0.2, -0.15) is 11.8 Å². The van der Waals surface area contributed by atoms with Crippen molar-refractivity contribution in [1.82, 2.24) is 10.2 Å². The minimum Gasteiger partial charge on any atom is -0.355 e. The van der Waals surface area contributed by atoms with Crippen LogP contribution in [0.5, 0.6) is 0 Å². The average Bonchev–Trinajstić information content (AvgIpc) is 2.69. The Hall–Kier alpha value is -1.20. The molecular formula is C22H26Cl2N2OS. The third kappa shape index (κ3) is 6.70. The first-order chi connectivity index (χ1) is 13.6. The van der Waals surface area contributed by atoms with Gasteiger partial charge in [0.2, 0.25) is 5.91 Å². The zero-order valence-corrected chi connectivity index (χ0v) is 18.2. The Morgan fingerprint density at radius 3 is 2.64 bits per heavy atom. The summed E-state index contributed by atoms with van der Waals surface area (Å²) in [5.41, 5.74) is 2.37. The smallest absolute Gasteiger partial charge is 0.223 e. The number of hydrogen-bond donors (Lipinski definition) is 1. The number of piperidine rings is 1. The lowest BCUT2D eigenvalue weighted by Gasteiger charge is -2.31. The quantitative estimate of drug-likeness (QED) is 0.573. The van der Waals surface area contributed by atoms with Crippen molar-refractivity contribution in [1.29, 1.82) is 0 Å². The van der Waals surface area contributed by atoms with Crippen LogP contribution in [-0.4, -0.2) is 36.2 Å². The zero-order valence-electron chi connectivity index (χ0n) is 15.9. The highest BCUT2D eigenvalue weighted by Crippen LogP contribution is 2.22. The molecular weight excluding hydrogens is 411 g/mol. The lowest BCUT2D eigenvalue weighted by Crippen LogP contribution is -2.40. The number of hydrogen-bond acceptors (Lipinski definition) is 3. The first kappa shape index (κ1) is 21.5. The minimum atomic E-state index is 0.129. The summed E-state index contributed by atoms with van der Waals surface area (Å²) in [6.07, 6.45) is 1.83. The summed E-state index contributed by atoms with van der Waals surface area (Å²) in [5.74, 6) is 2.09.